The molecule has 1 aromatic rings. The normalized spacial score (nSPS) is 14.2. The molecule has 2 heterocycles. The number of thiophene rings is 1. The van der Waals surface area contributed by atoms with Crippen molar-refractivity contribution in [2.45, 2.75) is 65.8 Å². The van der Waals surface area contributed by atoms with Crippen LogP contribution in [-0.4, -0.2) is 36.5 Å². The van der Waals surface area contributed by atoms with Gasteiger partial charge in [-0.3, -0.25) is 9.69 Å². The van der Waals surface area contributed by atoms with Gasteiger partial charge < -0.3 is 10.1 Å². The third kappa shape index (κ3) is 5.28. The van der Waals surface area contributed by atoms with E-state index in [0.29, 0.717) is 23.6 Å². The Balaban J connectivity index is 2.14. The number of rotatable bonds is 9. The van der Waals surface area contributed by atoms with Crippen molar-refractivity contribution < 1.29 is 14.3 Å². The Morgan fingerprint density at radius 1 is 1.20 bits per heavy atom. The number of hydrogen-bond acceptors (Lipinski definition) is 5. The van der Waals surface area contributed by atoms with Crippen LogP contribution in [0.3, 0.4) is 0 Å². The average Bonchev–Trinajstić information content (AvgIpc) is 2.95. The van der Waals surface area contributed by atoms with Crippen molar-refractivity contribution in [2.24, 2.45) is 0 Å². The third-order valence-electron chi connectivity index (χ3n) is 4.57. The molecule has 0 radical (unpaired) electrons. The van der Waals surface area contributed by atoms with E-state index < -0.39 is 0 Å². The van der Waals surface area contributed by atoms with Gasteiger partial charge in [0.05, 0.1) is 12.2 Å². The highest BCUT2D eigenvalue weighted by atomic mass is 32.1. The van der Waals surface area contributed by atoms with Crippen LogP contribution in [0.2, 0.25) is 0 Å². The molecule has 0 fully saturated rings. The summed E-state index contributed by atoms with van der Waals surface area (Å²) in [6.07, 6.45) is 5.61. The molecule has 1 aromatic heterocycles. The molecule has 140 valence electrons. The first-order valence-corrected chi connectivity index (χ1v) is 10.3. The molecule has 1 aliphatic rings. The number of ether oxygens (including phenoxy) is 1. The van der Waals surface area contributed by atoms with Crippen molar-refractivity contribution in [1.82, 2.24) is 4.90 Å². The number of nitrogens with one attached hydrogen (secondary N) is 1. The number of amides is 1. The first kappa shape index (κ1) is 19.9. The van der Waals surface area contributed by atoms with Crippen LogP contribution in [0.4, 0.5) is 5.00 Å². The average molecular weight is 367 g/mol. The van der Waals surface area contributed by atoms with Gasteiger partial charge in [0, 0.05) is 24.4 Å². The number of hydrogen-bond donors (Lipinski definition) is 1. The summed E-state index contributed by atoms with van der Waals surface area (Å²) in [4.78, 5) is 28.3. The minimum Gasteiger partial charge on any atom is -0.462 e. The number of carbonyl (C=O) groups is 2. The molecule has 2 rings (SSSR count). The quantitative estimate of drug-likeness (QED) is 0.525. The van der Waals surface area contributed by atoms with Crippen LogP contribution in [0, 0.1) is 0 Å². The minimum absolute atomic E-state index is 0.00686. The molecule has 1 N–H and O–H groups in total. The highest BCUT2D eigenvalue weighted by Gasteiger charge is 2.29. The molecule has 0 atom stereocenters. The fourth-order valence-electron chi connectivity index (χ4n) is 3.14. The van der Waals surface area contributed by atoms with E-state index in [1.165, 1.54) is 16.2 Å². The second-order valence-electron chi connectivity index (χ2n) is 6.41. The topological polar surface area (TPSA) is 58.6 Å². The van der Waals surface area contributed by atoms with Crippen LogP contribution >= 0.6 is 11.3 Å². The molecular formula is C19H30N2O3S. The first-order chi connectivity index (χ1) is 12.1. The summed E-state index contributed by atoms with van der Waals surface area (Å²) in [6.45, 7) is 9.22. The predicted octanol–water partition coefficient (Wildman–Crippen LogP) is 4.21. The van der Waals surface area contributed by atoms with Crippen LogP contribution in [0.5, 0.6) is 0 Å². The first-order valence-electron chi connectivity index (χ1n) is 9.44. The molecule has 0 aliphatic carbocycles. The van der Waals surface area contributed by atoms with Gasteiger partial charge in [0.1, 0.15) is 5.00 Å². The number of carbonyl (C=O) groups excluding carboxylic acids is 2. The number of nitrogens with zero attached hydrogens (tertiary/aromatic N) is 1. The Bertz CT molecular complexity index is 598. The fraction of sp³-hybridized carbons (Fsp3) is 0.684. The summed E-state index contributed by atoms with van der Waals surface area (Å²) in [5.41, 5.74) is 1.65. The molecule has 1 amide bonds. The van der Waals surface area contributed by atoms with Gasteiger partial charge in [0.2, 0.25) is 5.91 Å². The van der Waals surface area contributed by atoms with Crippen LogP contribution in [0.1, 0.15) is 73.7 Å². The van der Waals surface area contributed by atoms with Crippen molar-refractivity contribution in [3.63, 3.8) is 0 Å². The summed E-state index contributed by atoms with van der Waals surface area (Å²) in [6, 6.07) is 0. The highest BCUT2D eigenvalue weighted by Crippen LogP contribution is 2.37. The van der Waals surface area contributed by atoms with Gasteiger partial charge in [0.15, 0.2) is 0 Å². The maximum absolute atomic E-state index is 12.4. The van der Waals surface area contributed by atoms with Crippen LogP contribution in [0.25, 0.3) is 0 Å². The summed E-state index contributed by atoms with van der Waals surface area (Å²) in [7, 11) is 0. The van der Waals surface area contributed by atoms with E-state index in [9.17, 15) is 9.59 Å². The smallest absolute Gasteiger partial charge is 0.341 e. The number of likely N-dealkylation sites (N-methyl/N-ethyl adjacent to an activating group) is 1. The maximum atomic E-state index is 12.4. The second kappa shape index (κ2) is 9.92. The van der Waals surface area contributed by atoms with Crippen LogP contribution in [0.15, 0.2) is 0 Å². The molecule has 5 nitrogen and oxygen atoms in total. The zero-order chi connectivity index (χ0) is 18.2. The lowest BCUT2D eigenvalue weighted by molar-refractivity contribution is -0.116. The Morgan fingerprint density at radius 3 is 2.68 bits per heavy atom. The molecule has 0 saturated carbocycles. The molecule has 0 bridgehead atoms. The minimum atomic E-state index is -0.314. The molecule has 0 aromatic carbocycles. The van der Waals surface area contributed by atoms with Crippen molar-refractivity contribution in [3.05, 3.63) is 16.0 Å². The lowest BCUT2D eigenvalue weighted by Gasteiger charge is -2.25. The van der Waals surface area contributed by atoms with E-state index in [1.54, 1.807) is 0 Å². The van der Waals surface area contributed by atoms with Crippen molar-refractivity contribution in [3.8, 4) is 0 Å². The van der Waals surface area contributed by atoms with Crippen LogP contribution < -0.4 is 5.32 Å². The van der Waals surface area contributed by atoms with E-state index in [-0.39, 0.29) is 11.9 Å². The van der Waals surface area contributed by atoms with Crippen molar-refractivity contribution >= 4 is 28.2 Å². The van der Waals surface area contributed by atoms with E-state index in [4.69, 9.17) is 4.74 Å². The third-order valence-corrected chi connectivity index (χ3v) is 5.71. The number of esters is 1. The van der Waals surface area contributed by atoms with Gasteiger partial charge in [-0.2, -0.15) is 0 Å². The monoisotopic (exact) mass is 366 g/mol. The predicted molar refractivity (Wildman–Crippen MR) is 102 cm³/mol. The Labute approximate surface area is 154 Å². The lowest BCUT2D eigenvalue weighted by Crippen LogP contribution is -2.30. The van der Waals surface area contributed by atoms with Crippen molar-refractivity contribution in [2.75, 3.05) is 25.0 Å². The molecule has 0 spiro atoms. The summed E-state index contributed by atoms with van der Waals surface area (Å²) >= 11 is 1.53. The lowest BCUT2D eigenvalue weighted by atomic mass is 10.0. The van der Waals surface area contributed by atoms with Gasteiger partial charge in [-0.05, 0) is 31.9 Å². The molecule has 6 heteroatoms. The van der Waals surface area contributed by atoms with Gasteiger partial charge in [-0.1, -0.05) is 33.1 Å². The Kier molecular flexibility index (Phi) is 7.90. The van der Waals surface area contributed by atoms with Gasteiger partial charge in [-0.15, -0.1) is 11.3 Å². The van der Waals surface area contributed by atoms with Gasteiger partial charge in [0.25, 0.3) is 0 Å². The van der Waals surface area contributed by atoms with E-state index >= 15 is 0 Å². The Hall–Kier alpha value is -1.40. The second-order valence-corrected chi connectivity index (χ2v) is 7.51. The van der Waals surface area contributed by atoms with E-state index in [1.807, 2.05) is 6.92 Å². The molecule has 25 heavy (non-hydrogen) atoms. The summed E-state index contributed by atoms with van der Waals surface area (Å²) in [5.74, 6) is -0.321. The van der Waals surface area contributed by atoms with Gasteiger partial charge in [-0.25, -0.2) is 4.79 Å². The summed E-state index contributed by atoms with van der Waals surface area (Å²) < 4.78 is 5.24. The standard InChI is InChI=1S/C19H30N2O3S/c1-4-7-8-9-10-16(22)20-18-17(19(23)24-6-3)14-11-12-21(5-2)13-15(14)25-18/h4-13H2,1-3H3,(H,20,22). The summed E-state index contributed by atoms with van der Waals surface area (Å²) in [5, 5.41) is 3.65. The van der Waals surface area contributed by atoms with E-state index in [0.717, 1.165) is 57.3 Å². The number of unbranched alkanes of at least 4 members (excludes halogenated alkanes) is 3. The number of anilines is 1. The molecule has 0 unspecified atom stereocenters. The maximum Gasteiger partial charge on any atom is 0.341 e. The SMILES string of the molecule is CCCCCCC(=O)Nc1sc2c(c1C(=O)OCC)CCN(CC)C2. The number of fused-ring (bicyclic) bond motifs is 1. The van der Waals surface area contributed by atoms with Gasteiger partial charge >= 0.3 is 5.97 Å². The molecule has 1 aliphatic heterocycles. The van der Waals surface area contributed by atoms with Crippen LogP contribution in [-0.2, 0) is 22.5 Å². The molecule has 0 saturated heterocycles. The van der Waals surface area contributed by atoms with E-state index in [2.05, 4.69) is 24.1 Å². The largest absolute Gasteiger partial charge is 0.462 e. The molecular weight excluding hydrogens is 336 g/mol. The van der Waals surface area contributed by atoms with Crippen molar-refractivity contribution in [1.29, 1.82) is 0 Å². The zero-order valence-corrected chi connectivity index (χ0v) is 16.5. The fourth-order valence-corrected chi connectivity index (χ4v) is 4.43. The Morgan fingerprint density at radius 2 is 2.00 bits per heavy atom. The zero-order valence-electron chi connectivity index (χ0n) is 15.7. The highest BCUT2D eigenvalue weighted by molar-refractivity contribution is 7.17.